The molecule has 2 rings (SSSR count). The molecule has 1 N–H and O–H groups in total. The summed E-state index contributed by atoms with van der Waals surface area (Å²) in [4.78, 5) is 6.11. The molecule has 1 unspecified atom stereocenters. The molecular formula is C18H26N2S. The Morgan fingerprint density at radius 2 is 1.95 bits per heavy atom. The van der Waals surface area contributed by atoms with E-state index in [9.17, 15) is 0 Å². The average molecular weight is 302 g/mol. The van der Waals surface area contributed by atoms with Crippen LogP contribution in [0, 0.1) is 6.92 Å². The third kappa shape index (κ3) is 4.85. The van der Waals surface area contributed by atoms with E-state index >= 15 is 0 Å². The van der Waals surface area contributed by atoms with Gasteiger partial charge in [0.2, 0.25) is 0 Å². The predicted octanol–water partition coefficient (Wildman–Crippen LogP) is 5.40. The van der Waals surface area contributed by atoms with E-state index in [-0.39, 0.29) is 0 Å². The first-order valence-electron chi connectivity index (χ1n) is 7.95. The molecule has 0 amide bonds. The summed E-state index contributed by atoms with van der Waals surface area (Å²) in [5.41, 5.74) is 2.58. The lowest BCUT2D eigenvalue weighted by Gasteiger charge is -2.12. The lowest BCUT2D eigenvalue weighted by Crippen LogP contribution is -2.09. The highest BCUT2D eigenvalue weighted by molar-refractivity contribution is 7.15. The summed E-state index contributed by atoms with van der Waals surface area (Å²) in [6.07, 6.45) is 5.04. The molecule has 0 fully saturated rings. The first-order chi connectivity index (χ1) is 10.2. The fraction of sp³-hybridized carbons (Fsp3) is 0.500. The fourth-order valence-electron chi connectivity index (χ4n) is 2.41. The number of unbranched alkanes of at least 4 members (excludes halogenated alkanes) is 2. The number of hydrogen-bond donors (Lipinski definition) is 1. The van der Waals surface area contributed by atoms with Crippen LogP contribution in [-0.4, -0.2) is 11.5 Å². The zero-order chi connectivity index (χ0) is 15.1. The quantitative estimate of drug-likeness (QED) is 0.660. The molecule has 3 heteroatoms. The summed E-state index contributed by atoms with van der Waals surface area (Å²) >= 11 is 1.82. The van der Waals surface area contributed by atoms with Crippen molar-refractivity contribution in [3.05, 3.63) is 46.5 Å². The maximum atomic E-state index is 4.66. The summed E-state index contributed by atoms with van der Waals surface area (Å²) in [6.45, 7) is 7.57. The molecule has 1 aromatic carbocycles. The lowest BCUT2D eigenvalue weighted by atomic mass is 10.0. The Morgan fingerprint density at radius 3 is 2.67 bits per heavy atom. The number of anilines is 1. The molecule has 0 saturated heterocycles. The molecule has 1 aromatic heterocycles. The van der Waals surface area contributed by atoms with Crippen molar-refractivity contribution in [2.45, 2.75) is 52.4 Å². The topological polar surface area (TPSA) is 24.9 Å². The Balaban J connectivity index is 1.87. The minimum Gasteiger partial charge on any atom is -0.361 e. The van der Waals surface area contributed by atoms with E-state index in [0.29, 0.717) is 5.92 Å². The van der Waals surface area contributed by atoms with E-state index in [1.54, 1.807) is 0 Å². The maximum absolute atomic E-state index is 4.66. The van der Waals surface area contributed by atoms with Crippen LogP contribution in [0.15, 0.2) is 30.3 Å². The standard InChI is InChI=1S/C18H26N2S/c1-4-5-7-12-17-15(3)20-18(21-17)19-13-14(2)16-10-8-6-9-11-16/h6,8-11,14H,4-5,7,12-13H2,1-3H3,(H,19,20). The predicted molar refractivity (Wildman–Crippen MR) is 93.4 cm³/mol. The number of aromatic nitrogens is 1. The van der Waals surface area contributed by atoms with Gasteiger partial charge in [0, 0.05) is 11.4 Å². The number of rotatable bonds is 8. The minimum atomic E-state index is 0.499. The molecule has 0 radical (unpaired) electrons. The SMILES string of the molecule is CCCCCc1sc(NCC(C)c2ccccc2)nc1C. The summed E-state index contributed by atoms with van der Waals surface area (Å²) in [6, 6.07) is 10.7. The van der Waals surface area contributed by atoms with Crippen LogP contribution in [0.2, 0.25) is 0 Å². The molecule has 1 atom stereocenters. The molecule has 1 heterocycles. The van der Waals surface area contributed by atoms with Crippen molar-refractivity contribution < 1.29 is 0 Å². The van der Waals surface area contributed by atoms with Crippen molar-refractivity contribution in [2.75, 3.05) is 11.9 Å². The van der Waals surface area contributed by atoms with Crippen LogP contribution in [0.1, 0.15) is 55.2 Å². The van der Waals surface area contributed by atoms with Crippen LogP contribution in [-0.2, 0) is 6.42 Å². The van der Waals surface area contributed by atoms with Gasteiger partial charge < -0.3 is 5.32 Å². The summed E-state index contributed by atoms with van der Waals surface area (Å²) in [7, 11) is 0. The molecular weight excluding hydrogens is 276 g/mol. The molecule has 0 aliphatic carbocycles. The Labute approximate surface area is 132 Å². The highest BCUT2D eigenvalue weighted by Crippen LogP contribution is 2.25. The monoisotopic (exact) mass is 302 g/mol. The Bertz CT molecular complexity index is 533. The zero-order valence-electron chi connectivity index (χ0n) is 13.4. The van der Waals surface area contributed by atoms with Crippen LogP contribution < -0.4 is 5.32 Å². The van der Waals surface area contributed by atoms with Gasteiger partial charge in [0.1, 0.15) is 0 Å². The average Bonchev–Trinajstić information content (AvgIpc) is 2.86. The number of thiazole rings is 1. The van der Waals surface area contributed by atoms with E-state index in [1.165, 1.54) is 41.8 Å². The molecule has 2 nitrogen and oxygen atoms in total. The van der Waals surface area contributed by atoms with Gasteiger partial charge in [0.25, 0.3) is 0 Å². The Kier molecular flexibility index (Phi) is 6.24. The summed E-state index contributed by atoms with van der Waals surface area (Å²) in [5, 5.41) is 4.57. The van der Waals surface area contributed by atoms with Crippen LogP contribution in [0.5, 0.6) is 0 Å². The number of benzene rings is 1. The van der Waals surface area contributed by atoms with Crippen molar-refractivity contribution in [3.8, 4) is 0 Å². The molecule has 114 valence electrons. The van der Waals surface area contributed by atoms with Crippen LogP contribution in [0.25, 0.3) is 0 Å². The van der Waals surface area contributed by atoms with Gasteiger partial charge >= 0.3 is 0 Å². The van der Waals surface area contributed by atoms with Gasteiger partial charge in [-0.1, -0.05) is 57.0 Å². The number of nitrogens with one attached hydrogen (secondary N) is 1. The lowest BCUT2D eigenvalue weighted by molar-refractivity contribution is 0.720. The molecule has 2 aromatic rings. The van der Waals surface area contributed by atoms with Crippen LogP contribution >= 0.6 is 11.3 Å². The molecule has 0 aliphatic rings. The van der Waals surface area contributed by atoms with Crippen molar-refractivity contribution in [3.63, 3.8) is 0 Å². The summed E-state index contributed by atoms with van der Waals surface area (Å²) < 4.78 is 0. The van der Waals surface area contributed by atoms with Crippen molar-refractivity contribution >= 4 is 16.5 Å². The van der Waals surface area contributed by atoms with Crippen LogP contribution in [0.4, 0.5) is 5.13 Å². The van der Waals surface area contributed by atoms with E-state index < -0.39 is 0 Å². The third-order valence-electron chi connectivity index (χ3n) is 3.83. The van der Waals surface area contributed by atoms with Gasteiger partial charge in [-0.2, -0.15) is 0 Å². The Hall–Kier alpha value is -1.35. The molecule has 21 heavy (non-hydrogen) atoms. The largest absolute Gasteiger partial charge is 0.361 e. The van der Waals surface area contributed by atoms with Gasteiger partial charge in [-0.15, -0.1) is 11.3 Å². The first kappa shape index (κ1) is 16.0. The maximum Gasteiger partial charge on any atom is 0.183 e. The van der Waals surface area contributed by atoms with Gasteiger partial charge in [-0.05, 0) is 31.2 Å². The van der Waals surface area contributed by atoms with E-state index in [1.807, 2.05) is 11.3 Å². The second kappa shape index (κ2) is 8.18. The highest BCUT2D eigenvalue weighted by atomic mass is 32.1. The normalized spacial score (nSPS) is 12.3. The fourth-order valence-corrected chi connectivity index (χ4v) is 3.42. The molecule has 0 aliphatic heterocycles. The summed E-state index contributed by atoms with van der Waals surface area (Å²) in [5.74, 6) is 0.499. The van der Waals surface area contributed by atoms with Gasteiger partial charge in [0.05, 0.1) is 5.69 Å². The molecule has 0 spiro atoms. The van der Waals surface area contributed by atoms with E-state index in [4.69, 9.17) is 0 Å². The van der Waals surface area contributed by atoms with Crippen molar-refractivity contribution in [2.24, 2.45) is 0 Å². The van der Waals surface area contributed by atoms with Crippen LogP contribution in [0.3, 0.4) is 0 Å². The minimum absolute atomic E-state index is 0.499. The number of aryl methyl sites for hydroxylation is 2. The second-order valence-corrected chi connectivity index (χ2v) is 6.76. The zero-order valence-corrected chi connectivity index (χ0v) is 14.2. The second-order valence-electron chi connectivity index (χ2n) is 5.68. The first-order valence-corrected chi connectivity index (χ1v) is 8.77. The van der Waals surface area contributed by atoms with E-state index in [0.717, 1.165) is 11.7 Å². The smallest absolute Gasteiger partial charge is 0.183 e. The number of nitrogens with zero attached hydrogens (tertiary/aromatic N) is 1. The Morgan fingerprint density at radius 1 is 1.19 bits per heavy atom. The number of hydrogen-bond acceptors (Lipinski definition) is 3. The molecule has 0 saturated carbocycles. The molecule has 0 bridgehead atoms. The van der Waals surface area contributed by atoms with Crippen molar-refractivity contribution in [1.29, 1.82) is 0 Å². The van der Waals surface area contributed by atoms with Gasteiger partial charge in [0.15, 0.2) is 5.13 Å². The third-order valence-corrected chi connectivity index (χ3v) is 5.00. The van der Waals surface area contributed by atoms with Gasteiger partial charge in [-0.25, -0.2) is 4.98 Å². The van der Waals surface area contributed by atoms with Gasteiger partial charge in [-0.3, -0.25) is 0 Å². The van der Waals surface area contributed by atoms with E-state index in [2.05, 4.69) is 61.4 Å². The highest BCUT2D eigenvalue weighted by Gasteiger charge is 2.09. The van der Waals surface area contributed by atoms with Crippen molar-refractivity contribution in [1.82, 2.24) is 4.98 Å².